The molecule has 3 N–H and O–H groups in total. The van der Waals surface area contributed by atoms with Crippen molar-refractivity contribution in [2.45, 2.75) is 19.8 Å². The highest BCUT2D eigenvalue weighted by atomic mass is 14.9. The van der Waals surface area contributed by atoms with Crippen molar-refractivity contribution in [3.63, 3.8) is 0 Å². The lowest BCUT2D eigenvalue weighted by Gasteiger charge is -2.14. The van der Waals surface area contributed by atoms with Crippen LogP contribution in [0.3, 0.4) is 0 Å². The second-order valence-electron chi connectivity index (χ2n) is 8.82. The Balaban J connectivity index is 1.47. The summed E-state index contributed by atoms with van der Waals surface area (Å²) in [5.41, 5.74) is 16.7. The Bertz CT molecular complexity index is 1400. The molecular formula is C32H29N3. The van der Waals surface area contributed by atoms with Crippen LogP contribution in [0.5, 0.6) is 0 Å². The molecule has 5 rings (SSSR count). The number of nitrogens with two attached hydrogens (primary N) is 1. The first-order valence-electron chi connectivity index (χ1n) is 12.0. The molecule has 0 saturated carbocycles. The van der Waals surface area contributed by atoms with E-state index < -0.39 is 0 Å². The number of para-hydroxylation sites is 1. The number of nitrogens with zero attached hydrogens (tertiary/aromatic N) is 1. The fourth-order valence-corrected chi connectivity index (χ4v) is 4.20. The molecule has 0 unspecified atom stereocenters. The van der Waals surface area contributed by atoms with E-state index in [1.54, 1.807) is 0 Å². The molecule has 3 heteroatoms. The van der Waals surface area contributed by atoms with Crippen molar-refractivity contribution in [3.05, 3.63) is 132 Å². The minimum atomic E-state index is 0.806. The number of anilines is 3. The number of allylic oxidation sites excluding steroid dienone is 8. The molecule has 3 aromatic carbocycles. The van der Waals surface area contributed by atoms with Gasteiger partial charge in [-0.2, -0.15) is 0 Å². The van der Waals surface area contributed by atoms with Crippen LogP contribution in [-0.2, 0) is 0 Å². The maximum atomic E-state index is 6.10. The number of nitrogen functional groups attached to an aromatic ring is 1. The Hall–Kier alpha value is -4.37. The van der Waals surface area contributed by atoms with Crippen molar-refractivity contribution in [1.29, 1.82) is 0 Å². The van der Waals surface area contributed by atoms with Crippen molar-refractivity contribution < 1.29 is 0 Å². The van der Waals surface area contributed by atoms with E-state index >= 15 is 0 Å². The van der Waals surface area contributed by atoms with Crippen LogP contribution in [0, 0.1) is 6.92 Å². The van der Waals surface area contributed by atoms with Crippen molar-refractivity contribution in [1.82, 2.24) is 0 Å². The number of benzene rings is 3. The minimum Gasteiger partial charge on any atom is -0.399 e. The molecule has 0 aliphatic heterocycles. The van der Waals surface area contributed by atoms with Gasteiger partial charge in [0.05, 0.1) is 11.4 Å². The van der Waals surface area contributed by atoms with E-state index in [9.17, 15) is 0 Å². The molecule has 0 fully saturated rings. The maximum absolute atomic E-state index is 6.10. The van der Waals surface area contributed by atoms with Gasteiger partial charge in [-0.05, 0) is 108 Å². The monoisotopic (exact) mass is 455 g/mol. The summed E-state index contributed by atoms with van der Waals surface area (Å²) in [6, 6.07) is 22.9. The molecule has 0 spiro atoms. The van der Waals surface area contributed by atoms with E-state index in [2.05, 4.69) is 96.4 Å². The van der Waals surface area contributed by atoms with Crippen LogP contribution in [0.4, 0.5) is 17.1 Å². The van der Waals surface area contributed by atoms with Crippen LogP contribution in [-0.4, -0.2) is 5.71 Å². The number of hydrogen-bond donors (Lipinski definition) is 2. The Kier molecular flexibility index (Phi) is 6.58. The zero-order valence-electron chi connectivity index (χ0n) is 19.9. The molecule has 172 valence electrons. The fourth-order valence-electron chi connectivity index (χ4n) is 4.20. The zero-order valence-corrected chi connectivity index (χ0v) is 19.9. The largest absolute Gasteiger partial charge is 0.399 e. The first kappa shape index (κ1) is 22.4. The third-order valence-corrected chi connectivity index (χ3v) is 6.15. The summed E-state index contributed by atoms with van der Waals surface area (Å²) in [5, 5.41) is 3.52. The molecule has 0 amide bonds. The third-order valence-electron chi connectivity index (χ3n) is 6.15. The average Bonchev–Trinajstić information content (AvgIpc) is 2.89. The molecule has 3 nitrogen and oxygen atoms in total. The summed E-state index contributed by atoms with van der Waals surface area (Å²) >= 11 is 0. The van der Waals surface area contributed by atoms with Gasteiger partial charge in [0.2, 0.25) is 0 Å². The van der Waals surface area contributed by atoms with Crippen LogP contribution in [0.2, 0.25) is 0 Å². The molecular weight excluding hydrogens is 426 g/mol. The first-order valence-corrected chi connectivity index (χ1v) is 12.0. The normalized spacial score (nSPS) is 14.6. The van der Waals surface area contributed by atoms with Gasteiger partial charge in [-0.25, -0.2) is 4.99 Å². The zero-order chi connectivity index (χ0) is 24.0. The number of aliphatic imine (C=N–C) groups is 1. The topological polar surface area (TPSA) is 50.4 Å². The molecule has 0 atom stereocenters. The van der Waals surface area contributed by atoms with Gasteiger partial charge in [0.15, 0.2) is 0 Å². The second kappa shape index (κ2) is 10.3. The molecule has 0 radical (unpaired) electrons. The summed E-state index contributed by atoms with van der Waals surface area (Å²) in [6.07, 6.45) is 19.2. The number of nitrogens with one attached hydrogen (secondary N) is 1. The van der Waals surface area contributed by atoms with Gasteiger partial charge in [0.1, 0.15) is 0 Å². The maximum Gasteiger partial charge on any atom is 0.0637 e. The highest BCUT2D eigenvalue weighted by molar-refractivity contribution is 6.07. The number of aryl methyl sites for hydroxylation is 1. The van der Waals surface area contributed by atoms with Gasteiger partial charge in [0, 0.05) is 17.1 Å². The van der Waals surface area contributed by atoms with Gasteiger partial charge in [-0.15, -0.1) is 0 Å². The average molecular weight is 456 g/mol. The Morgan fingerprint density at radius 1 is 0.829 bits per heavy atom. The van der Waals surface area contributed by atoms with Gasteiger partial charge >= 0.3 is 0 Å². The predicted octanol–water partition coefficient (Wildman–Crippen LogP) is 8.17. The van der Waals surface area contributed by atoms with Crippen molar-refractivity contribution in [2.75, 3.05) is 11.1 Å². The molecule has 35 heavy (non-hydrogen) atoms. The summed E-state index contributed by atoms with van der Waals surface area (Å²) in [6.45, 7) is 2.05. The van der Waals surface area contributed by atoms with Gasteiger partial charge in [0.25, 0.3) is 0 Å². The van der Waals surface area contributed by atoms with Crippen molar-refractivity contribution >= 4 is 28.8 Å². The Morgan fingerprint density at radius 2 is 1.66 bits per heavy atom. The summed E-state index contributed by atoms with van der Waals surface area (Å²) in [5.74, 6) is 0. The van der Waals surface area contributed by atoms with Crippen LogP contribution in [0.15, 0.2) is 126 Å². The molecule has 2 aliphatic rings. The first-order chi connectivity index (χ1) is 17.1. The van der Waals surface area contributed by atoms with Gasteiger partial charge < -0.3 is 11.1 Å². The molecule has 0 saturated heterocycles. The minimum absolute atomic E-state index is 0.806. The highest BCUT2D eigenvalue weighted by Gasteiger charge is 2.09. The molecule has 3 aromatic rings. The summed E-state index contributed by atoms with van der Waals surface area (Å²) in [7, 11) is 0. The SMILES string of the molecule is Cc1cc(-c2cc(Nc3ccccc3)ccc2C=C2C=CC(=NC3=CCCC=C3)C=C2)ccc1N. The van der Waals surface area contributed by atoms with Crippen LogP contribution in [0.25, 0.3) is 17.2 Å². The lowest BCUT2D eigenvalue weighted by molar-refractivity contribution is 1.01. The van der Waals surface area contributed by atoms with E-state index in [1.807, 2.05) is 31.2 Å². The van der Waals surface area contributed by atoms with Gasteiger partial charge in [-0.3, -0.25) is 0 Å². The van der Waals surface area contributed by atoms with Crippen LogP contribution in [0.1, 0.15) is 24.0 Å². The summed E-state index contributed by atoms with van der Waals surface area (Å²) in [4.78, 5) is 4.74. The lowest BCUT2D eigenvalue weighted by atomic mass is 9.95. The van der Waals surface area contributed by atoms with E-state index in [0.717, 1.165) is 69.1 Å². The van der Waals surface area contributed by atoms with Crippen LogP contribution >= 0.6 is 0 Å². The summed E-state index contributed by atoms with van der Waals surface area (Å²) < 4.78 is 0. The second-order valence-corrected chi connectivity index (χ2v) is 8.82. The number of rotatable bonds is 5. The number of hydrogen-bond acceptors (Lipinski definition) is 3. The third kappa shape index (κ3) is 5.59. The molecule has 0 heterocycles. The van der Waals surface area contributed by atoms with Crippen molar-refractivity contribution in [2.24, 2.45) is 4.99 Å². The van der Waals surface area contributed by atoms with E-state index in [0.29, 0.717) is 0 Å². The fraction of sp³-hybridized carbons (Fsp3) is 0.0938. The Labute approximate surface area is 207 Å². The van der Waals surface area contributed by atoms with Crippen LogP contribution < -0.4 is 11.1 Å². The molecule has 0 aromatic heterocycles. The van der Waals surface area contributed by atoms with E-state index in [4.69, 9.17) is 10.7 Å². The smallest absolute Gasteiger partial charge is 0.0637 e. The highest BCUT2D eigenvalue weighted by Crippen LogP contribution is 2.32. The molecule has 2 aliphatic carbocycles. The quantitative estimate of drug-likeness (QED) is 0.381. The predicted molar refractivity (Wildman–Crippen MR) is 151 cm³/mol. The standard InChI is InChI=1S/C32H29N3/c1-23-20-25(15-19-32(23)33)31-22-30(35-28-10-6-3-7-11-28)18-14-26(31)21-24-12-16-29(17-13-24)34-27-8-4-2-5-9-27/h3-4,6-22,35H,2,5,33H2,1H3. The van der Waals surface area contributed by atoms with E-state index in [-0.39, 0.29) is 0 Å². The lowest BCUT2D eigenvalue weighted by Crippen LogP contribution is -1.96. The van der Waals surface area contributed by atoms with Gasteiger partial charge in [-0.1, -0.05) is 54.6 Å². The van der Waals surface area contributed by atoms with E-state index in [1.165, 1.54) is 0 Å². The van der Waals surface area contributed by atoms with Crippen molar-refractivity contribution in [3.8, 4) is 11.1 Å². The molecule has 0 bridgehead atoms. The Morgan fingerprint density at radius 3 is 2.40 bits per heavy atom.